The van der Waals surface area contributed by atoms with Crippen LogP contribution in [0.5, 0.6) is 0 Å². The molecule has 0 spiro atoms. The Labute approximate surface area is 108 Å². The number of nitrogens with zero attached hydrogens (tertiary/aromatic N) is 1. The van der Waals surface area contributed by atoms with Gasteiger partial charge in [-0.1, -0.05) is 6.92 Å². The average Bonchev–Trinajstić information content (AvgIpc) is 2.38. The van der Waals surface area contributed by atoms with Gasteiger partial charge in [-0.05, 0) is 43.9 Å². The monoisotopic (exact) mass is 250 g/mol. The second-order valence-electron chi connectivity index (χ2n) is 4.79. The number of aliphatic hydroxyl groups excluding tert-OH is 1. The van der Waals surface area contributed by atoms with Gasteiger partial charge >= 0.3 is 0 Å². The van der Waals surface area contributed by atoms with Crippen molar-refractivity contribution >= 4 is 5.91 Å². The highest BCUT2D eigenvalue weighted by Crippen LogP contribution is 2.14. The number of rotatable bonds is 7. The van der Waals surface area contributed by atoms with E-state index in [0.717, 1.165) is 12.0 Å². The summed E-state index contributed by atoms with van der Waals surface area (Å²) in [6.45, 7) is 4.07. The van der Waals surface area contributed by atoms with Gasteiger partial charge in [-0.25, -0.2) is 0 Å². The fourth-order valence-corrected chi connectivity index (χ4v) is 1.78. The molecule has 0 aliphatic rings. The minimum atomic E-state index is -0.302. The Balaban J connectivity index is 2.41. The molecule has 1 rings (SSSR count). The fraction of sp³-hybridized carbons (Fsp3) is 0.571. The second-order valence-corrected chi connectivity index (χ2v) is 4.79. The summed E-state index contributed by atoms with van der Waals surface area (Å²) in [5.41, 5.74) is 0.810. The molecule has 1 amide bonds. The lowest BCUT2D eigenvalue weighted by Crippen LogP contribution is -2.46. The molecular formula is C14H22N2O2. The molecule has 0 radical (unpaired) electrons. The maximum absolute atomic E-state index is 11.9. The largest absolute Gasteiger partial charge is 0.396 e. The first-order valence-corrected chi connectivity index (χ1v) is 6.40. The molecule has 0 saturated heterocycles. The van der Waals surface area contributed by atoms with E-state index in [-0.39, 0.29) is 18.1 Å². The highest BCUT2D eigenvalue weighted by atomic mass is 16.3. The molecular weight excluding hydrogens is 228 g/mol. The molecule has 4 heteroatoms. The van der Waals surface area contributed by atoms with E-state index in [2.05, 4.69) is 10.3 Å². The first kappa shape index (κ1) is 14.6. The summed E-state index contributed by atoms with van der Waals surface area (Å²) in [4.78, 5) is 15.8. The smallest absolute Gasteiger partial charge is 0.220 e. The van der Waals surface area contributed by atoms with Crippen molar-refractivity contribution in [2.24, 2.45) is 0 Å². The number of nitrogens with one attached hydrogen (secondary N) is 1. The minimum Gasteiger partial charge on any atom is -0.396 e. The molecule has 1 heterocycles. The Hall–Kier alpha value is -1.42. The van der Waals surface area contributed by atoms with Gasteiger partial charge in [-0.3, -0.25) is 9.78 Å². The highest BCUT2D eigenvalue weighted by molar-refractivity contribution is 5.77. The summed E-state index contributed by atoms with van der Waals surface area (Å²) < 4.78 is 0. The van der Waals surface area contributed by atoms with Crippen molar-refractivity contribution in [1.29, 1.82) is 0 Å². The normalized spacial score (nSPS) is 13.9. The molecule has 1 atom stereocenters. The Bertz CT molecular complexity index is 367. The maximum Gasteiger partial charge on any atom is 0.220 e. The number of aliphatic hydroxyl groups is 1. The first-order valence-electron chi connectivity index (χ1n) is 6.40. The number of hydrogen-bond acceptors (Lipinski definition) is 3. The third-order valence-electron chi connectivity index (χ3n) is 3.28. The summed E-state index contributed by atoms with van der Waals surface area (Å²) in [7, 11) is 0. The number of hydrogen-bond donors (Lipinski definition) is 2. The van der Waals surface area contributed by atoms with Crippen LogP contribution in [0.4, 0.5) is 0 Å². The van der Waals surface area contributed by atoms with Crippen LogP contribution in [-0.4, -0.2) is 28.1 Å². The molecule has 0 aliphatic carbocycles. The number of amides is 1. The zero-order valence-corrected chi connectivity index (χ0v) is 11.1. The van der Waals surface area contributed by atoms with E-state index in [4.69, 9.17) is 5.11 Å². The lowest BCUT2D eigenvalue weighted by Gasteiger charge is -2.29. The van der Waals surface area contributed by atoms with Gasteiger partial charge in [0.25, 0.3) is 0 Å². The van der Waals surface area contributed by atoms with Crippen molar-refractivity contribution in [3.05, 3.63) is 30.1 Å². The van der Waals surface area contributed by atoms with E-state index in [1.54, 1.807) is 12.4 Å². The lowest BCUT2D eigenvalue weighted by molar-refractivity contribution is -0.123. The second kappa shape index (κ2) is 7.11. The predicted molar refractivity (Wildman–Crippen MR) is 71.1 cm³/mol. The van der Waals surface area contributed by atoms with Crippen molar-refractivity contribution in [2.45, 2.75) is 45.1 Å². The van der Waals surface area contributed by atoms with E-state index in [0.29, 0.717) is 19.3 Å². The molecule has 1 aromatic heterocycles. The van der Waals surface area contributed by atoms with Crippen LogP contribution in [0.15, 0.2) is 24.5 Å². The highest BCUT2D eigenvalue weighted by Gasteiger charge is 2.23. The standard InChI is InChI=1S/C14H22N2O2/c1-3-14(2,8-11-17)16-13(18)5-4-12-6-9-15-10-7-12/h6-7,9-10,17H,3-5,8,11H2,1-2H3,(H,16,18). The van der Waals surface area contributed by atoms with Crippen molar-refractivity contribution in [2.75, 3.05) is 6.61 Å². The SMILES string of the molecule is CCC(C)(CCO)NC(=O)CCc1ccncc1. The molecule has 2 N–H and O–H groups in total. The number of carbonyl (C=O) groups is 1. The first-order chi connectivity index (χ1) is 8.59. The van der Waals surface area contributed by atoms with E-state index in [9.17, 15) is 4.79 Å². The fourth-order valence-electron chi connectivity index (χ4n) is 1.78. The van der Waals surface area contributed by atoms with Gasteiger partial charge in [-0.2, -0.15) is 0 Å². The molecule has 0 bridgehead atoms. The Morgan fingerprint density at radius 2 is 2.11 bits per heavy atom. The van der Waals surface area contributed by atoms with Crippen LogP contribution in [0.2, 0.25) is 0 Å². The Morgan fingerprint density at radius 3 is 2.67 bits per heavy atom. The molecule has 4 nitrogen and oxygen atoms in total. The summed E-state index contributed by atoms with van der Waals surface area (Å²) in [6.07, 6.45) is 6.04. The molecule has 0 fully saturated rings. The predicted octanol–water partition coefficient (Wildman–Crippen LogP) is 1.68. The summed E-state index contributed by atoms with van der Waals surface area (Å²) >= 11 is 0. The third-order valence-corrected chi connectivity index (χ3v) is 3.28. The molecule has 1 aromatic rings. The molecule has 18 heavy (non-hydrogen) atoms. The number of carbonyl (C=O) groups excluding carboxylic acids is 1. The quantitative estimate of drug-likeness (QED) is 0.774. The molecule has 100 valence electrons. The van der Waals surface area contributed by atoms with Crippen LogP contribution in [0.1, 0.15) is 38.7 Å². The Kier molecular flexibility index (Phi) is 5.78. The van der Waals surface area contributed by atoms with Gasteiger partial charge in [0.1, 0.15) is 0 Å². The molecule has 0 aliphatic heterocycles. The zero-order chi connectivity index (χ0) is 13.4. The average molecular weight is 250 g/mol. The number of aromatic nitrogens is 1. The number of pyridine rings is 1. The zero-order valence-electron chi connectivity index (χ0n) is 11.1. The summed E-state index contributed by atoms with van der Waals surface area (Å²) in [5, 5.41) is 12.0. The topological polar surface area (TPSA) is 62.2 Å². The third kappa shape index (κ3) is 4.84. The van der Waals surface area contributed by atoms with Crippen LogP contribution < -0.4 is 5.32 Å². The summed E-state index contributed by atoms with van der Waals surface area (Å²) in [5.74, 6) is 0.0320. The lowest BCUT2D eigenvalue weighted by atomic mass is 9.94. The molecule has 0 aromatic carbocycles. The minimum absolute atomic E-state index is 0.0320. The van der Waals surface area contributed by atoms with Gasteiger partial charge in [0.2, 0.25) is 5.91 Å². The maximum atomic E-state index is 11.9. The van der Waals surface area contributed by atoms with Gasteiger partial charge in [0, 0.05) is 31.0 Å². The van der Waals surface area contributed by atoms with Crippen molar-refractivity contribution in [3.8, 4) is 0 Å². The van der Waals surface area contributed by atoms with E-state index in [1.807, 2.05) is 26.0 Å². The van der Waals surface area contributed by atoms with Crippen molar-refractivity contribution in [1.82, 2.24) is 10.3 Å². The summed E-state index contributed by atoms with van der Waals surface area (Å²) in [6, 6.07) is 3.83. The molecule has 0 saturated carbocycles. The van der Waals surface area contributed by atoms with Crippen molar-refractivity contribution < 1.29 is 9.90 Å². The van der Waals surface area contributed by atoms with Gasteiger partial charge in [-0.15, -0.1) is 0 Å². The van der Waals surface area contributed by atoms with Crippen LogP contribution in [0.25, 0.3) is 0 Å². The van der Waals surface area contributed by atoms with Gasteiger partial charge in [0.15, 0.2) is 0 Å². The van der Waals surface area contributed by atoms with E-state index >= 15 is 0 Å². The Morgan fingerprint density at radius 1 is 1.44 bits per heavy atom. The van der Waals surface area contributed by atoms with Crippen LogP contribution >= 0.6 is 0 Å². The molecule has 1 unspecified atom stereocenters. The number of aryl methyl sites for hydroxylation is 1. The van der Waals surface area contributed by atoms with E-state index < -0.39 is 0 Å². The van der Waals surface area contributed by atoms with Crippen LogP contribution in [0.3, 0.4) is 0 Å². The van der Waals surface area contributed by atoms with Crippen LogP contribution in [0, 0.1) is 0 Å². The van der Waals surface area contributed by atoms with Crippen LogP contribution in [-0.2, 0) is 11.2 Å². The van der Waals surface area contributed by atoms with Crippen molar-refractivity contribution in [3.63, 3.8) is 0 Å². The van der Waals surface area contributed by atoms with Gasteiger partial charge in [0.05, 0.1) is 0 Å². The van der Waals surface area contributed by atoms with Gasteiger partial charge < -0.3 is 10.4 Å². The van der Waals surface area contributed by atoms with E-state index in [1.165, 1.54) is 0 Å².